The van der Waals surface area contributed by atoms with Crippen LogP contribution in [0.5, 0.6) is 0 Å². The maximum absolute atomic E-state index is 6.00. The van der Waals surface area contributed by atoms with Gasteiger partial charge in [0.25, 0.3) is 0 Å². The van der Waals surface area contributed by atoms with Crippen LogP contribution in [0.3, 0.4) is 0 Å². The van der Waals surface area contributed by atoms with Crippen LogP contribution in [-0.4, -0.2) is 25.2 Å². The molecule has 2 heterocycles. The monoisotopic (exact) mass is 308 g/mol. The standard InChI is InChI=1S/C16H25ClN4/c1-11-15-16(20(3)19-11)21(14(18-15)9-10-17)12(2)13-7-5-4-6-8-13/h12-13H,4-10H2,1-3H3. The molecule has 1 aliphatic carbocycles. The lowest BCUT2D eigenvalue weighted by atomic mass is 9.84. The molecular weight excluding hydrogens is 284 g/mol. The topological polar surface area (TPSA) is 35.6 Å². The van der Waals surface area contributed by atoms with Crippen molar-refractivity contribution in [2.24, 2.45) is 13.0 Å². The normalized spacial score (nSPS) is 18.5. The van der Waals surface area contributed by atoms with E-state index in [1.165, 1.54) is 32.1 Å². The Balaban J connectivity index is 2.07. The van der Waals surface area contributed by atoms with Crippen LogP contribution in [0, 0.1) is 12.8 Å². The number of aryl methyl sites for hydroxylation is 3. The SMILES string of the molecule is Cc1nn(C)c2c1nc(CCCl)n2C(C)C1CCCCC1. The van der Waals surface area contributed by atoms with Crippen molar-refractivity contribution >= 4 is 22.8 Å². The first kappa shape index (κ1) is 14.9. The summed E-state index contributed by atoms with van der Waals surface area (Å²) in [5, 5.41) is 4.54. The number of hydrogen-bond donors (Lipinski definition) is 0. The summed E-state index contributed by atoms with van der Waals surface area (Å²) in [7, 11) is 2.02. The van der Waals surface area contributed by atoms with Gasteiger partial charge in [-0.1, -0.05) is 19.3 Å². The number of halogens is 1. The quantitative estimate of drug-likeness (QED) is 0.800. The van der Waals surface area contributed by atoms with Gasteiger partial charge in [-0.2, -0.15) is 5.10 Å². The Morgan fingerprint density at radius 3 is 2.67 bits per heavy atom. The molecule has 0 radical (unpaired) electrons. The highest BCUT2D eigenvalue weighted by atomic mass is 35.5. The second-order valence-electron chi connectivity index (χ2n) is 6.36. The molecule has 1 fully saturated rings. The van der Waals surface area contributed by atoms with Crippen molar-refractivity contribution in [1.29, 1.82) is 0 Å². The Bertz CT molecular complexity index is 622. The third-order valence-corrected chi connectivity index (χ3v) is 5.15. The van der Waals surface area contributed by atoms with Gasteiger partial charge in [0, 0.05) is 25.4 Å². The van der Waals surface area contributed by atoms with E-state index >= 15 is 0 Å². The number of alkyl halides is 1. The van der Waals surface area contributed by atoms with E-state index in [4.69, 9.17) is 16.6 Å². The van der Waals surface area contributed by atoms with Crippen molar-refractivity contribution in [1.82, 2.24) is 19.3 Å². The van der Waals surface area contributed by atoms with Gasteiger partial charge in [-0.15, -0.1) is 11.6 Å². The number of imidazole rings is 1. The van der Waals surface area contributed by atoms with E-state index in [1.54, 1.807) is 0 Å². The summed E-state index contributed by atoms with van der Waals surface area (Å²) in [6.07, 6.45) is 7.61. The van der Waals surface area contributed by atoms with Crippen LogP contribution in [0.4, 0.5) is 0 Å². The number of rotatable bonds is 4. The zero-order chi connectivity index (χ0) is 15.0. The molecule has 0 saturated heterocycles. The largest absolute Gasteiger partial charge is 0.310 e. The van der Waals surface area contributed by atoms with Crippen molar-refractivity contribution in [3.05, 3.63) is 11.5 Å². The summed E-state index contributed by atoms with van der Waals surface area (Å²) < 4.78 is 4.39. The molecule has 21 heavy (non-hydrogen) atoms. The summed E-state index contributed by atoms with van der Waals surface area (Å²) in [6.45, 7) is 4.38. The Morgan fingerprint density at radius 1 is 1.29 bits per heavy atom. The van der Waals surface area contributed by atoms with Gasteiger partial charge in [-0.3, -0.25) is 4.68 Å². The molecule has 0 amide bonds. The zero-order valence-electron chi connectivity index (χ0n) is 13.3. The highest BCUT2D eigenvalue weighted by Crippen LogP contribution is 2.35. The molecular formula is C16H25ClN4. The molecule has 4 nitrogen and oxygen atoms in total. The van der Waals surface area contributed by atoms with Crippen LogP contribution in [0.2, 0.25) is 0 Å². The maximum atomic E-state index is 6.00. The van der Waals surface area contributed by atoms with E-state index in [1.807, 2.05) is 18.7 Å². The predicted molar refractivity (Wildman–Crippen MR) is 86.9 cm³/mol. The molecule has 0 bridgehead atoms. The average molecular weight is 309 g/mol. The highest BCUT2D eigenvalue weighted by molar-refractivity contribution is 6.17. The molecule has 0 N–H and O–H groups in total. The Morgan fingerprint density at radius 2 is 2.00 bits per heavy atom. The Kier molecular flexibility index (Phi) is 4.25. The molecule has 1 aliphatic rings. The van der Waals surface area contributed by atoms with E-state index in [0.29, 0.717) is 11.9 Å². The van der Waals surface area contributed by atoms with Crippen LogP contribution in [0.1, 0.15) is 56.6 Å². The smallest absolute Gasteiger partial charge is 0.158 e. The molecule has 5 heteroatoms. The first-order valence-corrected chi connectivity index (χ1v) is 8.63. The van der Waals surface area contributed by atoms with Gasteiger partial charge in [-0.25, -0.2) is 4.98 Å². The highest BCUT2D eigenvalue weighted by Gasteiger charge is 2.27. The van der Waals surface area contributed by atoms with Gasteiger partial charge in [0.2, 0.25) is 0 Å². The fourth-order valence-electron chi connectivity index (χ4n) is 3.86. The number of nitrogens with zero attached hydrogens (tertiary/aromatic N) is 4. The number of hydrogen-bond acceptors (Lipinski definition) is 2. The van der Waals surface area contributed by atoms with Gasteiger partial charge in [0.05, 0.1) is 5.69 Å². The first-order chi connectivity index (χ1) is 10.1. The van der Waals surface area contributed by atoms with E-state index < -0.39 is 0 Å². The first-order valence-electron chi connectivity index (χ1n) is 8.10. The molecule has 2 aromatic rings. The maximum Gasteiger partial charge on any atom is 0.158 e. The Labute approximate surface area is 131 Å². The predicted octanol–water partition coefficient (Wildman–Crippen LogP) is 4.00. The lowest BCUT2D eigenvalue weighted by Gasteiger charge is -2.30. The van der Waals surface area contributed by atoms with Crippen molar-refractivity contribution in [3.63, 3.8) is 0 Å². The van der Waals surface area contributed by atoms with Crippen LogP contribution in [0.15, 0.2) is 0 Å². The summed E-state index contributed by atoms with van der Waals surface area (Å²) in [5.41, 5.74) is 3.21. The van der Waals surface area contributed by atoms with Crippen LogP contribution >= 0.6 is 11.6 Å². The summed E-state index contributed by atoms with van der Waals surface area (Å²) in [5.74, 6) is 2.49. The van der Waals surface area contributed by atoms with Crippen LogP contribution in [0.25, 0.3) is 11.2 Å². The second-order valence-corrected chi connectivity index (χ2v) is 6.73. The molecule has 0 aromatic carbocycles. The molecule has 1 unspecified atom stereocenters. The molecule has 1 atom stereocenters. The number of aromatic nitrogens is 4. The minimum Gasteiger partial charge on any atom is -0.310 e. The van der Waals surface area contributed by atoms with Gasteiger partial charge in [0.1, 0.15) is 11.3 Å². The molecule has 116 valence electrons. The lowest BCUT2D eigenvalue weighted by Crippen LogP contribution is -2.22. The van der Waals surface area contributed by atoms with Crippen molar-refractivity contribution in [2.75, 3.05) is 5.88 Å². The summed E-state index contributed by atoms with van der Waals surface area (Å²) in [6, 6.07) is 0.475. The van der Waals surface area contributed by atoms with Crippen molar-refractivity contribution in [3.8, 4) is 0 Å². The second kappa shape index (κ2) is 5.99. The molecule has 0 spiro atoms. The third kappa shape index (κ3) is 2.59. The molecule has 0 aliphatic heterocycles. The molecule has 3 rings (SSSR count). The average Bonchev–Trinajstić information content (AvgIpc) is 2.98. The van der Waals surface area contributed by atoms with Gasteiger partial charge >= 0.3 is 0 Å². The van der Waals surface area contributed by atoms with E-state index in [0.717, 1.165) is 35.0 Å². The fourth-order valence-corrected chi connectivity index (χ4v) is 4.03. The minimum atomic E-state index is 0.475. The Hall–Kier alpha value is -1.03. The van der Waals surface area contributed by atoms with Crippen molar-refractivity contribution in [2.45, 2.75) is 58.4 Å². The lowest BCUT2D eigenvalue weighted by molar-refractivity contribution is 0.262. The summed E-state index contributed by atoms with van der Waals surface area (Å²) in [4.78, 5) is 4.83. The van der Waals surface area contributed by atoms with E-state index in [-0.39, 0.29) is 0 Å². The molecule has 2 aromatic heterocycles. The van der Waals surface area contributed by atoms with Crippen LogP contribution < -0.4 is 0 Å². The third-order valence-electron chi connectivity index (χ3n) is 4.97. The molecule has 1 saturated carbocycles. The number of fused-ring (bicyclic) bond motifs is 1. The zero-order valence-corrected chi connectivity index (χ0v) is 14.0. The van der Waals surface area contributed by atoms with Gasteiger partial charge in [-0.05, 0) is 32.6 Å². The summed E-state index contributed by atoms with van der Waals surface area (Å²) >= 11 is 6.00. The van der Waals surface area contributed by atoms with Crippen LogP contribution in [-0.2, 0) is 13.5 Å². The van der Waals surface area contributed by atoms with Crippen molar-refractivity contribution < 1.29 is 0 Å². The van der Waals surface area contributed by atoms with Gasteiger partial charge in [0.15, 0.2) is 5.65 Å². The fraction of sp³-hybridized carbons (Fsp3) is 0.750. The van der Waals surface area contributed by atoms with E-state index in [2.05, 4.69) is 16.6 Å². The van der Waals surface area contributed by atoms with Gasteiger partial charge < -0.3 is 4.57 Å². The van der Waals surface area contributed by atoms with E-state index in [9.17, 15) is 0 Å². The minimum absolute atomic E-state index is 0.475.